The first-order valence-electron chi connectivity index (χ1n) is 7.87. The number of amides is 1. The van der Waals surface area contributed by atoms with Crippen LogP contribution in [0.3, 0.4) is 0 Å². The molecule has 3 rings (SSSR count). The summed E-state index contributed by atoms with van der Waals surface area (Å²) in [7, 11) is 3.84. The summed E-state index contributed by atoms with van der Waals surface area (Å²) in [6.07, 6.45) is 0.694. The Morgan fingerprint density at radius 1 is 1.17 bits per heavy atom. The predicted octanol–water partition coefficient (Wildman–Crippen LogP) is 1.99. The number of aromatic nitrogens is 1. The summed E-state index contributed by atoms with van der Waals surface area (Å²) in [5.74, 6) is 1.88. The van der Waals surface area contributed by atoms with Crippen LogP contribution in [0, 0.1) is 0 Å². The lowest BCUT2D eigenvalue weighted by molar-refractivity contribution is -0.133. The molecule has 0 aliphatic carbocycles. The number of nitrogens with zero attached hydrogens (tertiary/aromatic N) is 2. The monoisotopic (exact) mass is 327 g/mol. The summed E-state index contributed by atoms with van der Waals surface area (Å²) in [4.78, 5) is 18.8. The second-order valence-corrected chi connectivity index (χ2v) is 5.91. The van der Waals surface area contributed by atoms with E-state index in [4.69, 9.17) is 9.47 Å². The molecule has 1 N–H and O–H groups in total. The van der Waals surface area contributed by atoms with Gasteiger partial charge in [-0.25, -0.2) is 4.98 Å². The van der Waals surface area contributed by atoms with Crippen molar-refractivity contribution in [3.05, 3.63) is 48.2 Å². The van der Waals surface area contributed by atoms with Crippen molar-refractivity contribution in [3.63, 3.8) is 0 Å². The van der Waals surface area contributed by atoms with Crippen LogP contribution in [0.15, 0.2) is 42.6 Å². The fourth-order valence-corrected chi connectivity index (χ4v) is 2.66. The molecule has 0 radical (unpaired) electrons. The number of pyridine rings is 1. The third-order valence-corrected chi connectivity index (χ3v) is 3.84. The van der Waals surface area contributed by atoms with E-state index in [2.05, 4.69) is 10.3 Å². The number of rotatable bonds is 4. The molecular formula is C18H21N3O3. The van der Waals surface area contributed by atoms with Gasteiger partial charge in [-0.1, -0.05) is 18.2 Å². The number of hydrogen-bond acceptors (Lipinski definition) is 5. The quantitative estimate of drug-likeness (QED) is 0.930. The lowest BCUT2D eigenvalue weighted by Crippen LogP contribution is -2.48. The van der Waals surface area contributed by atoms with Crippen LogP contribution in [-0.4, -0.2) is 37.2 Å². The fourth-order valence-electron chi connectivity index (χ4n) is 2.66. The minimum atomic E-state index is -0.681. The fraction of sp³-hybridized carbons (Fsp3) is 0.333. The molecule has 1 aliphatic heterocycles. The van der Waals surface area contributed by atoms with E-state index < -0.39 is 6.10 Å². The highest BCUT2D eigenvalue weighted by Crippen LogP contribution is 2.33. The minimum absolute atomic E-state index is 0.203. The molecule has 126 valence electrons. The number of anilines is 1. The van der Waals surface area contributed by atoms with Crippen molar-refractivity contribution in [1.29, 1.82) is 0 Å². The van der Waals surface area contributed by atoms with Gasteiger partial charge in [0.2, 0.25) is 6.10 Å². The number of carbonyl (C=O) groups is 1. The van der Waals surface area contributed by atoms with Crippen molar-refractivity contribution in [2.24, 2.45) is 0 Å². The lowest BCUT2D eigenvalue weighted by atomic mass is 10.1. The lowest BCUT2D eigenvalue weighted by Gasteiger charge is -2.31. The zero-order chi connectivity index (χ0) is 17.1. The number of para-hydroxylation sites is 2. The zero-order valence-electron chi connectivity index (χ0n) is 14.0. The number of hydrogen-bond donors (Lipinski definition) is 1. The Morgan fingerprint density at radius 3 is 2.58 bits per heavy atom. The highest BCUT2D eigenvalue weighted by atomic mass is 16.6. The van der Waals surface area contributed by atoms with Crippen LogP contribution in [0.2, 0.25) is 0 Å². The average Bonchev–Trinajstić information content (AvgIpc) is 2.59. The molecule has 24 heavy (non-hydrogen) atoms. The first kappa shape index (κ1) is 16.1. The van der Waals surface area contributed by atoms with Crippen LogP contribution in [0.5, 0.6) is 11.5 Å². The SMILES string of the molecule is C[C@H]1Oc2ccccc2O[C@H]1C(=O)NCc1cccnc1N(C)C. The minimum Gasteiger partial charge on any atom is -0.482 e. The van der Waals surface area contributed by atoms with Crippen LogP contribution in [0.4, 0.5) is 5.82 Å². The summed E-state index contributed by atoms with van der Waals surface area (Å²) in [5.41, 5.74) is 0.945. The third-order valence-electron chi connectivity index (χ3n) is 3.84. The van der Waals surface area contributed by atoms with E-state index in [1.807, 2.05) is 56.3 Å². The summed E-state index contributed by atoms with van der Waals surface area (Å²) in [5, 5.41) is 2.91. The molecule has 6 heteroatoms. The van der Waals surface area contributed by atoms with Gasteiger partial charge in [0.15, 0.2) is 11.5 Å². The Labute approximate surface area is 141 Å². The van der Waals surface area contributed by atoms with Gasteiger partial charge in [0, 0.05) is 32.4 Å². The summed E-state index contributed by atoms with van der Waals surface area (Å²) in [6.45, 7) is 2.21. The highest BCUT2D eigenvalue weighted by molar-refractivity contribution is 5.82. The Morgan fingerprint density at radius 2 is 1.88 bits per heavy atom. The van der Waals surface area contributed by atoms with Gasteiger partial charge in [-0.15, -0.1) is 0 Å². The molecule has 1 aromatic carbocycles. The van der Waals surface area contributed by atoms with E-state index >= 15 is 0 Å². The number of benzene rings is 1. The van der Waals surface area contributed by atoms with Crippen LogP contribution in [0.25, 0.3) is 0 Å². The topological polar surface area (TPSA) is 63.7 Å². The number of fused-ring (bicyclic) bond motifs is 1. The summed E-state index contributed by atoms with van der Waals surface area (Å²) >= 11 is 0. The first-order valence-corrected chi connectivity index (χ1v) is 7.87. The van der Waals surface area contributed by atoms with Gasteiger partial charge in [0.05, 0.1) is 0 Å². The Hall–Kier alpha value is -2.76. The number of carbonyl (C=O) groups excluding carboxylic acids is 1. The van der Waals surface area contributed by atoms with Crippen LogP contribution < -0.4 is 19.7 Å². The van der Waals surface area contributed by atoms with Crippen molar-refractivity contribution < 1.29 is 14.3 Å². The molecule has 0 spiro atoms. The molecule has 0 bridgehead atoms. The number of nitrogens with one attached hydrogen (secondary N) is 1. The van der Waals surface area contributed by atoms with Gasteiger partial charge in [-0.3, -0.25) is 4.79 Å². The van der Waals surface area contributed by atoms with E-state index in [-0.39, 0.29) is 12.0 Å². The molecule has 1 aromatic heterocycles. The standard InChI is InChI=1S/C18H21N3O3/c1-12-16(24-15-9-5-4-8-14(15)23-12)18(22)20-11-13-7-6-10-19-17(13)21(2)3/h4-10,12,16H,11H2,1-3H3,(H,20,22)/t12-,16-/m1/s1. The maximum absolute atomic E-state index is 12.5. The molecule has 0 saturated carbocycles. The molecule has 6 nitrogen and oxygen atoms in total. The van der Waals surface area contributed by atoms with Crippen molar-refractivity contribution in [2.45, 2.75) is 25.7 Å². The molecule has 0 fully saturated rings. The van der Waals surface area contributed by atoms with Gasteiger partial charge in [-0.05, 0) is 25.1 Å². The second-order valence-electron chi connectivity index (χ2n) is 5.91. The zero-order valence-corrected chi connectivity index (χ0v) is 14.0. The maximum atomic E-state index is 12.5. The molecule has 0 saturated heterocycles. The molecule has 2 atom stereocenters. The van der Waals surface area contributed by atoms with Crippen LogP contribution in [-0.2, 0) is 11.3 Å². The van der Waals surface area contributed by atoms with E-state index in [9.17, 15) is 4.79 Å². The Balaban J connectivity index is 1.68. The third kappa shape index (κ3) is 3.27. The maximum Gasteiger partial charge on any atom is 0.265 e. The Bertz CT molecular complexity index is 733. The number of ether oxygens (including phenoxy) is 2. The van der Waals surface area contributed by atoms with Crippen molar-refractivity contribution in [3.8, 4) is 11.5 Å². The van der Waals surface area contributed by atoms with E-state index in [1.54, 1.807) is 12.3 Å². The van der Waals surface area contributed by atoms with Crippen molar-refractivity contribution >= 4 is 11.7 Å². The van der Waals surface area contributed by atoms with Gasteiger partial charge < -0.3 is 19.7 Å². The smallest absolute Gasteiger partial charge is 0.265 e. The van der Waals surface area contributed by atoms with Gasteiger partial charge in [0.25, 0.3) is 5.91 Å². The second kappa shape index (κ2) is 6.78. The van der Waals surface area contributed by atoms with Crippen molar-refractivity contribution in [1.82, 2.24) is 10.3 Å². The van der Waals surface area contributed by atoms with Gasteiger partial charge >= 0.3 is 0 Å². The van der Waals surface area contributed by atoms with Gasteiger partial charge in [-0.2, -0.15) is 0 Å². The summed E-state index contributed by atoms with van der Waals surface area (Å²) in [6, 6.07) is 11.2. The molecule has 2 aromatic rings. The van der Waals surface area contributed by atoms with E-state index in [0.29, 0.717) is 18.0 Å². The van der Waals surface area contributed by atoms with Crippen LogP contribution >= 0.6 is 0 Å². The molecule has 1 amide bonds. The van der Waals surface area contributed by atoms with Crippen LogP contribution in [0.1, 0.15) is 12.5 Å². The normalized spacial score (nSPS) is 18.8. The molecule has 1 aliphatic rings. The Kier molecular flexibility index (Phi) is 4.55. The largest absolute Gasteiger partial charge is 0.482 e. The van der Waals surface area contributed by atoms with E-state index in [1.165, 1.54) is 0 Å². The van der Waals surface area contributed by atoms with Crippen molar-refractivity contribution in [2.75, 3.05) is 19.0 Å². The molecular weight excluding hydrogens is 306 g/mol. The summed E-state index contributed by atoms with van der Waals surface area (Å²) < 4.78 is 11.6. The molecule has 2 heterocycles. The molecule has 0 unspecified atom stereocenters. The predicted molar refractivity (Wildman–Crippen MR) is 91.4 cm³/mol. The van der Waals surface area contributed by atoms with Gasteiger partial charge in [0.1, 0.15) is 11.9 Å². The highest BCUT2D eigenvalue weighted by Gasteiger charge is 2.33. The first-order chi connectivity index (χ1) is 11.6. The van der Waals surface area contributed by atoms with E-state index in [0.717, 1.165) is 11.4 Å². The average molecular weight is 327 g/mol.